The van der Waals surface area contributed by atoms with Crippen LogP contribution in [-0.4, -0.2) is 28.1 Å². The molecule has 1 saturated carbocycles. The van der Waals surface area contributed by atoms with Crippen molar-refractivity contribution in [3.8, 4) is 0 Å². The number of hydrogen-bond acceptors (Lipinski definition) is 5. The Morgan fingerprint density at radius 2 is 2.53 bits per heavy atom. The first-order valence-electron chi connectivity index (χ1n) is 6.66. The van der Waals surface area contributed by atoms with Crippen molar-refractivity contribution < 1.29 is 9.90 Å². The third-order valence-electron chi connectivity index (χ3n) is 3.59. The lowest BCUT2D eigenvalue weighted by Crippen LogP contribution is -2.46. The number of aromatic nitrogens is 1. The number of carbonyl (C=O) groups is 1. The van der Waals surface area contributed by atoms with Crippen molar-refractivity contribution in [3.63, 3.8) is 0 Å². The fourth-order valence-corrected chi connectivity index (χ4v) is 3.25. The highest BCUT2D eigenvalue weighted by molar-refractivity contribution is 7.13. The lowest BCUT2D eigenvalue weighted by molar-refractivity contribution is -0.122. The van der Waals surface area contributed by atoms with Gasteiger partial charge in [-0.3, -0.25) is 4.79 Å². The summed E-state index contributed by atoms with van der Waals surface area (Å²) in [4.78, 5) is 15.8. The van der Waals surface area contributed by atoms with Gasteiger partial charge in [-0.15, -0.1) is 11.3 Å². The fraction of sp³-hybridized carbons (Fsp3) is 0.692. The molecule has 6 heteroatoms. The van der Waals surface area contributed by atoms with Crippen LogP contribution in [0.1, 0.15) is 38.3 Å². The predicted molar refractivity (Wildman–Crippen MR) is 75.8 cm³/mol. The first-order chi connectivity index (χ1) is 8.97. The summed E-state index contributed by atoms with van der Waals surface area (Å²) in [5, 5.41) is 15.5. The van der Waals surface area contributed by atoms with E-state index in [0.717, 1.165) is 25.7 Å². The van der Waals surface area contributed by atoms with Crippen LogP contribution in [0.25, 0.3) is 0 Å². The van der Waals surface area contributed by atoms with Crippen LogP contribution in [0.3, 0.4) is 0 Å². The van der Waals surface area contributed by atoms with E-state index in [4.69, 9.17) is 5.73 Å². The van der Waals surface area contributed by atoms with E-state index in [1.165, 1.54) is 11.3 Å². The molecule has 2 atom stereocenters. The number of nitrogens with one attached hydrogen (secondary N) is 1. The van der Waals surface area contributed by atoms with Crippen molar-refractivity contribution >= 4 is 22.4 Å². The van der Waals surface area contributed by atoms with E-state index in [1.807, 2.05) is 0 Å². The maximum absolute atomic E-state index is 11.8. The van der Waals surface area contributed by atoms with Crippen molar-refractivity contribution in [2.75, 3.05) is 12.3 Å². The molecule has 2 unspecified atom stereocenters. The van der Waals surface area contributed by atoms with Gasteiger partial charge in [0.2, 0.25) is 5.91 Å². The number of carbonyl (C=O) groups excluding carboxylic acids is 1. The summed E-state index contributed by atoms with van der Waals surface area (Å²) in [6, 6.07) is 0. The molecule has 4 N–H and O–H groups in total. The van der Waals surface area contributed by atoms with Crippen molar-refractivity contribution in [3.05, 3.63) is 11.1 Å². The van der Waals surface area contributed by atoms with Gasteiger partial charge in [-0.25, -0.2) is 4.98 Å². The van der Waals surface area contributed by atoms with E-state index >= 15 is 0 Å². The van der Waals surface area contributed by atoms with Gasteiger partial charge in [0.05, 0.1) is 17.7 Å². The van der Waals surface area contributed by atoms with Crippen molar-refractivity contribution in [1.82, 2.24) is 10.3 Å². The Bertz CT molecular complexity index is 449. The second-order valence-corrected chi connectivity index (χ2v) is 6.45. The number of amides is 1. The minimum atomic E-state index is -0.742. The molecule has 1 fully saturated rings. The second-order valence-electron chi connectivity index (χ2n) is 5.56. The molecule has 1 amide bonds. The van der Waals surface area contributed by atoms with Crippen LogP contribution in [-0.2, 0) is 11.2 Å². The van der Waals surface area contributed by atoms with Crippen LogP contribution in [0.2, 0.25) is 0 Å². The van der Waals surface area contributed by atoms with Gasteiger partial charge in [-0.1, -0.05) is 19.8 Å². The molecule has 0 saturated heterocycles. The molecule has 5 nitrogen and oxygen atoms in total. The van der Waals surface area contributed by atoms with Crippen LogP contribution in [0.15, 0.2) is 5.38 Å². The summed E-state index contributed by atoms with van der Waals surface area (Å²) < 4.78 is 0. The number of hydrogen-bond donors (Lipinski definition) is 3. The van der Waals surface area contributed by atoms with Crippen LogP contribution < -0.4 is 11.1 Å². The van der Waals surface area contributed by atoms with E-state index < -0.39 is 5.60 Å². The first kappa shape index (κ1) is 14.3. The molecule has 0 spiro atoms. The molecule has 0 aliphatic heterocycles. The molecule has 1 aliphatic rings. The van der Waals surface area contributed by atoms with Crippen molar-refractivity contribution in [2.24, 2.45) is 5.92 Å². The van der Waals surface area contributed by atoms with Gasteiger partial charge in [0.15, 0.2) is 5.13 Å². The van der Waals surface area contributed by atoms with Gasteiger partial charge in [0, 0.05) is 11.9 Å². The monoisotopic (exact) mass is 283 g/mol. The Hall–Kier alpha value is -1.14. The Balaban J connectivity index is 1.79. The van der Waals surface area contributed by atoms with Gasteiger partial charge >= 0.3 is 0 Å². The molecule has 0 bridgehead atoms. The van der Waals surface area contributed by atoms with Gasteiger partial charge in [-0.05, 0) is 18.8 Å². The molecule has 1 aliphatic carbocycles. The van der Waals surface area contributed by atoms with E-state index in [0.29, 0.717) is 23.3 Å². The van der Waals surface area contributed by atoms with Crippen LogP contribution in [0, 0.1) is 5.92 Å². The Labute approximate surface area is 117 Å². The molecule has 106 valence electrons. The standard InChI is InChI=1S/C13H21N3O2S/c1-9-3-2-4-13(18,6-9)8-15-11(17)5-10-7-19-12(14)16-10/h7,9,18H,2-6,8H2,1H3,(H2,14,16)(H,15,17). The fourth-order valence-electron chi connectivity index (χ4n) is 2.69. The minimum absolute atomic E-state index is 0.114. The smallest absolute Gasteiger partial charge is 0.226 e. The maximum Gasteiger partial charge on any atom is 0.226 e. The number of thiazole rings is 1. The molecule has 1 aromatic heterocycles. The van der Waals surface area contributed by atoms with E-state index in [1.54, 1.807) is 5.38 Å². The van der Waals surface area contributed by atoms with Gasteiger partial charge in [0.25, 0.3) is 0 Å². The zero-order valence-electron chi connectivity index (χ0n) is 11.2. The summed E-state index contributed by atoms with van der Waals surface area (Å²) >= 11 is 1.33. The van der Waals surface area contributed by atoms with Crippen molar-refractivity contribution in [2.45, 2.75) is 44.6 Å². The molecule has 19 heavy (non-hydrogen) atoms. The Morgan fingerprint density at radius 3 is 3.16 bits per heavy atom. The molecule has 0 aromatic carbocycles. The predicted octanol–water partition coefficient (Wildman–Crippen LogP) is 1.33. The second kappa shape index (κ2) is 5.88. The quantitative estimate of drug-likeness (QED) is 0.777. The SMILES string of the molecule is CC1CCCC(O)(CNC(=O)Cc2csc(N)n2)C1. The number of rotatable bonds is 4. The number of anilines is 1. The summed E-state index contributed by atoms with van der Waals surface area (Å²) in [6.07, 6.45) is 3.93. The van der Waals surface area contributed by atoms with Crippen LogP contribution in [0.5, 0.6) is 0 Å². The number of aliphatic hydroxyl groups is 1. The molecular formula is C13H21N3O2S. The zero-order valence-corrected chi connectivity index (χ0v) is 12.0. The Kier molecular flexibility index (Phi) is 4.42. The third-order valence-corrected chi connectivity index (χ3v) is 4.32. The largest absolute Gasteiger partial charge is 0.388 e. The van der Waals surface area contributed by atoms with Crippen LogP contribution in [0.4, 0.5) is 5.13 Å². The average Bonchev–Trinajstić information content (AvgIpc) is 2.72. The Morgan fingerprint density at radius 1 is 1.74 bits per heavy atom. The molecule has 1 aromatic rings. The summed E-state index contributed by atoms with van der Waals surface area (Å²) in [5.41, 5.74) is 5.46. The lowest BCUT2D eigenvalue weighted by atomic mass is 9.79. The van der Waals surface area contributed by atoms with Gasteiger partial charge in [0.1, 0.15) is 0 Å². The highest BCUT2D eigenvalue weighted by Gasteiger charge is 2.32. The molecule has 0 radical (unpaired) electrons. The van der Waals surface area contributed by atoms with Crippen molar-refractivity contribution in [1.29, 1.82) is 0 Å². The molecule has 1 heterocycles. The van der Waals surface area contributed by atoms with Crippen LogP contribution >= 0.6 is 11.3 Å². The third kappa shape index (κ3) is 4.18. The number of nitrogens with zero attached hydrogens (tertiary/aromatic N) is 1. The average molecular weight is 283 g/mol. The molecule has 2 rings (SSSR count). The zero-order chi connectivity index (χ0) is 13.9. The number of nitrogens with two attached hydrogens (primary N) is 1. The minimum Gasteiger partial charge on any atom is -0.388 e. The summed E-state index contributed by atoms with van der Waals surface area (Å²) in [5.74, 6) is 0.408. The maximum atomic E-state index is 11.8. The normalized spacial score (nSPS) is 27.2. The summed E-state index contributed by atoms with van der Waals surface area (Å²) in [7, 11) is 0. The molecular weight excluding hydrogens is 262 g/mol. The van der Waals surface area contributed by atoms with Gasteiger partial charge < -0.3 is 16.2 Å². The lowest BCUT2D eigenvalue weighted by Gasteiger charge is -2.35. The highest BCUT2D eigenvalue weighted by atomic mass is 32.1. The van der Waals surface area contributed by atoms with E-state index in [9.17, 15) is 9.90 Å². The highest BCUT2D eigenvalue weighted by Crippen LogP contribution is 2.31. The van der Waals surface area contributed by atoms with E-state index in [2.05, 4.69) is 17.2 Å². The van der Waals surface area contributed by atoms with Gasteiger partial charge in [-0.2, -0.15) is 0 Å². The number of nitrogen functional groups attached to an aromatic ring is 1. The first-order valence-corrected chi connectivity index (χ1v) is 7.54. The topological polar surface area (TPSA) is 88.2 Å². The summed E-state index contributed by atoms with van der Waals surface area (Å²) in [6.45, 7) is 2.47. The van der Waals surface area contributed by atoms with E-state index in [-0.39, 0.29) is 12.3 Å².